The first-order chi connectivity index (χ1) is 13.9. The zero-order chi connectivity index (χ0) is 21.2. The van der Waals surface area contributed by atoms with Crippen LogP contribution in [-0.2, 0) is 30.4 Å². The molecule has 0 bridgehead atoms. The molecule has 1 aromatic rings. The van der Waals surface area contributed by atoms with Crippen LogP contribution in [0.4, 0.5) is 4.79 Å². The minimum atomic E-state index is -0.470. The highest BCUT2D eigenvalue weighted by molar-refractivity contribution is 5.89. The van der Waals surface area contributed by atoms with Crippen molar-refractivity contribution in [3.05, 3.63) is 35.4 Å². The molecular formula is C19H25N3O7. The highest BCUT2D eigenvalue weighted by Gasteiger charge is 2.25. The quantitative estimate of drug-likeness (QED) is 0.634. The molecule has 0 aliphatic carbocycles. The largest absolute Gasteiger partial charge is 0.465 e. The average molecular weight is 407 g/mol. The molecule has 0 spiro atoms. The molecule has 1 saturated heterocycles. The molecule has 3 amide bonds. The van der Waals surface area contributed by atoms with Gasteiger partial charge in [-0.2, -0.15) is 0 Å². The molecule has 0 saturated carbocycles. The van der Waals surface area contributed by atoms with Crippen LogP contribution in [0.3, 0.4) is 0 Å². The molecule has 1 heterocycles. The van der Waals surface area contributed by atoms with Crippen LogP contribution in [0.5, 0.6) is 0 Å². The van der Waals surface area contributed by atoms with Crippen LogP contribution in [0.1, 0.15) is 15.9 Å². The van der Waals surface area contributed by atoms with Crippen LogP contribution in [0.2, 0.25) is 0 Å². The summed E-state index contributed by atoms with van der Waals surface area (Å²) in [6.45, 7) is 1.29. The number of hydrogen-bond donors (Lipinski definition) is 1. The van der Waals surface area contributed by atoms with Crippen molar-refractivity contribution in [2.75, 3.05) is 53.6 Å². The van der Waals surface area contributed by atoms with E-state index in [2.05, 4.69) is 14.8 Å². The molecular weight excluding hydrogens is 382 g/mol. The maximum absolute atomic E-state index is 12.2. The van der Waals surface area contributed by atoms with Crippen molar-refractivity contribution in [1.82, 2.24) is 15.1 Å². The Balaban J connectivity index is 1.72. The monoisotopic (exact) mass is 407 g/mol. The summed E-state index contributed by atoms with van der Waals surface area (Å²) in [5.41, 5.74) is 1.16. The number of ether oxygens (including phenoxy) is 3. The van der Waals surface area contributed by atoms with Gasteiger partial charge in [0.15, 0.2) is 0 Å². The van der Waals surface area contributed by atoms with E-state index in [1.165, 1.54) is 19.1 Å². The minimum Gasteiger partial charge on any atom is -0.465 e. The zero-order valence-corrected chi connectivity index (χ0v) is 16.5. The van der Waals surface area contributed by atoms with E-state index in [1.807, 2.05) is 0 Å². The molecule has 1 aliphatic heterocycles. The van der Waals surface area contributed by atoms with Gasteiger partial charge < -0.3 is 29.3 Å². The van der Waals surface area contributed by atoms with Gasteiger partial charge in [-0.15, -0.1) is 0 Å². The Labute approximate surface area is 168 Å². The number of hydrogen-bond acceptors (Lipinski definition) is 7. The summed E-state index contributed by atoms with van der Waals surface area (Å²) in [4.78, 5) is 50.2. The number of carbonyl (C=O) groups is 4. The van der Waals surface area contributed by atoms with Crippen LogP contribution < -0.4 is 5.32 Å². The highest BCUT2D eigenvalue weighted by atomic mass is 16.6. The van der Waals surface area contributed by atoms with Crippen molar-refractivity contribution in [1.29, 1.82) is 0 Å². The molecule has 1 fully saturated rings. The second kappa shape index (κ2) is 11.0. The van der Waals surface area contributed by atoms with E-state index in [0.717, 1.165) is 5.56 Å². The van der Waals surface area contributed by atoms with Gasteiger partial charge in [0, 0.05) is 33.3 Å². The number of piperazine rings is 1. The minimum absolute atomic E-state index is 0.0744. The number of nitrogens with zero attached hydrogens (tertiary/aromatic N) is 2. The lowest BCUT2D eigenvalue weighted by Gasteiger charge is -2.34. The lowest BCUT2D eigenvalue weighted by molar-refractivity contribution is -0.135. The molecule has 1 aliphatic rings. The van der Waals surface area contributed by atoms with Crippen LogP contribution in [0.25, 0.3) is 0 Å². The maximum Gasteiger partial charge on any atom is 0.410 e. The first kappa shape index (κ1) is 22.2. The third kappa shape index (κ3) is 6.75. The number of methoxy groups -OCH3 is 2. The second-order valence-corrected chi connectivity index (χ2v) is 6.32. The molecule has 10 heteroatoms. The van der Waals surface area contributed by atoms with E-state index in [0.29, 0.717) is 31.7 Å². The predicted molar refractivity (Wildman–Crippen MR) is 101 cm³/mol. The Hall–Kier alpha value is -3.14. The normalized spacial score (nSPS) is 13.6. The summed E-state index contributed by atoms with van der Waals surface area (Å²) in [5, 5.41) is 2.48. The fourth-order valence-electron chi connectivity index (χ4n) is 2.70. The molecule has 1 aromatic carbocycles. The molecule has 2 rings (SSSR count). The Kier molecular flexibility index (Phi) is 8.41. The SMILES string of the molecule is COCC(=O)NCC(=O)N1CCN(C(=O)OCc2ccc(C(=O)OC)cc2)CC1. The van der Waals surface area contributed by atoms with Gasteiger partial charge in [-0.1, -0.05) is 12.1 Å². The molecule has 0 aromatic heterocycles. The van der Waals surface area contributed by atoms with Gasteiger partial charge in [-0.3, -0.25) is 9.59 Å². The first-order valence-electron chi connectivity index (χ1n) is 9.07. The van der Waals surface area contributed by atoms with Crippen molar-refractivity contribution in [2.24, 2.45) is 0 Å². The summed E-state index contributed by atoms with van der Waals surface area (Å²) in [6, 6.07) is 6.58. The smallest absolute Gasteiger partial charge is 0.410 e. The van der Waals surface area contributed by atoms with Crippen molar-refractivity contribution in [2.45, 2.75) is 6.61 Å². The van der Waals surface area contributed by atoms with Crippen LogP contribution in [-0.4, -0.2) is 87.2 Å². The van der Waals surface area contributed by atoms with Gasteiger partial charge in [-0.05, 0) is 17.7 Å². The van der Waals surface area contributed by atoms with Gasteiger partial charge in [0.1, 0.15) is 13.2 Å². The van der Waals surface area contributed by atoms with Crippen molar-refractivity contribution in [3.8, 4) is 0 Å². The molecule has 158 valence electrons. The first-order valence-corrected chi connectivity index (χ1v) is 9.07. The molecule has 0 atom stereocenters. The predicted octanol–water partition coefficient (Wildman–Crippen LogP) is 0.0166. The average Bonchev–Trinajstić information content (AvgIpc) is 2.76. The van der Waals surface area contributed by atoms with Gasteiger partial charge in [0.05, 0.1) is 19.2 Å². The number of amides is 3. The fraction of sp³-hybridized carbons (Fsp3) is 0.474. The third-order valence-corrected chi connectivity index (χ3v) is 4.34. The van der Waals surface area contributed by atoms with Gasteiger partial charge in [0.25, 0.3) is 0 Å². The summed E-state index contributed by atoms with van der Waals surface area (Å²) in [6.07, 6.45) is -0.470. The standard InChI is InChI=1S/C19H25N3O7/c1-27-13-16(23)20-11-17(24)21-7-9-22(10-8-21)19(26)29-12-14-3-5-15(6-4-14)18(25)28-2/h3-6H,7-13H2,1-2H3,(H,20,23). The van der Waals surface area contributed by atoms with Crippen molar-refractivity contribution >= 4 is 23.9 Å². The van der Waals surface area contributed by atoms with E-state index in [1.54, 1.807) is 29.2 Å². The molecule has 1 N–H and O–H groups in total. The second-order valence-electron chi connectivity index (χ2n) is 6.32. The molecule has 0 radical (unpaired) electrons. The Morgan fingerprint density at radius 1 is 0.966 bits per heavy atom. The van der Waals surface area contributed by atoms with Crippen LogP contribution >= 0.6 is 0 Å². The lowest BCUT2D eigenvalue weighted by Crippen LogP contribution is -2.52. The third-order valence-electron chi connectivity index (χ3n) is 4.34. The van der Waals surface area contributed by atoms with Gasteiger partial charge in [-0.25, -0.2) is 9.59 Å². The van der Waals surface area contributed by atoms with E-state index in [4.69, 9.17) is 4.74 Å². The van der Waals surface area contributed by atoms with Gasteiger partial charge in [0.2, 0.25) is 11.8 Å². The maximum atomic E-state index is 12.2. The number of rotatable bonds is 7. The molecule has 0 unspecified atom stereocenters. The highest BCUT2D eigenvalue weighted by Crippen LogP contribution is 2.09. The van der Waals surface area contributed by atoms with Crippen molar-refractivity contribution < 1.29 is 33.4 Å². The molecule has 29 heavy (non-hydrogen) atoms. The van der Waals surface area contributed by atoms with Crippen molar-refractivity contribution in [3.63, 3.8) is 0 Å². The Bertz CT molecular complexity index is 728. The van der Waals surface area contributed by atoms with Crippen LogP contribution in [0.15, 0.2) is 24.3 Å². The summed E-state index contributed by atoms with van der Waals surface area (Å²) in [7, 11) is 2.71. The number of nitrogens with one attached hydrogen (secondary N) is 1. The van der Waals surface area contributed by atoms with E-state index in [-0.39, 0.29) is 31.6 Å². The van der Waals surface area contributed by atoms with Gasteiger partial charge >= 0.3 is 12.1 Å². The summed E-state index contributed by atoms with van der Waals surface area (Å²) < 4.78 is 14.6. The lowest BCUT2D eigenvalue weighted by atomic mass is 10.1. The Morgan fingerprint density at radius 2 is 1.59 bits per heavy atom. The van der Waals surface area contributed by atoms with E-state index >= 15 is 0 Å². The number of carbonyl (C=O) groups excluding carboxylic acids is 4. The fourth-order valence-corrected chi connectivity index (χ4v) is 2.70. The summed E-state index contributed by atoms with van der Waals surface area (Å²) in [5.74, 6) is -1.00. The Morgan fingerprint density at radius 3 is 2.17 bits per heavy atom. The van der Waals surface area contributed by atoms with Crippen LogP contribution in [0, 0.1) is 0 Å². The molecule has 10 nitrogen and oxygen atoms in total. The zero-order valence-electron chi connectivity index (χ0n) is 16.5. The summed E-state index contributed by atoms with van der Waals surface area (Å²) >= 11 is 0. The topological polar surface area (TPSA) is 114 Å². The van der Waals surface area contributed by atoms with E-state index < -0.39 is 12.1 Å². The number of benzene rings is 1. The van der Waals surface area contributed by atoms with E-state index in [9.17, 15) is 19.2 Å². The number of esters is 1.